The molecule has 0 spiro atoms. The fourth-order valence-electron chi connectivity index (χ4n) is 4.00. The molecule has 0 aliphatic carbocycles. The Balaban J connectivity index is 2.03. The maximum atomic E-state index is 13.0. The van der Waals surface area contributed by atoms with Gasteiger partial charge in [0.1, 0.15) is 11.9 Å². The first-order valence-corrected chi connectivity index (χ1v) is 11.4. The van der Waals surface area contributed by atoms with Crippen LogP contribution in [0.1, 0.15) is 73.2 Å². The zero-order valence-corrected chi connectivity index (χ0v) is 19.9. The zero-order valence-electron chi connectivity index (χ0n) is 19.9. The summed E-state index contributed by atoms with van der Waals surface area (Å²) in [7, 11) is 0. The van der Waals surface area contributed by atoms with Crippen LogP contribution in [0.4, 0.5) is 0 Å². The predicted molar refractivity (Wildman–Crippen MR) is 132 cm³/mol. The summed E-state index contributed by atoms with van der Waals surface area (Å²) in [6.07, 6.45) is 1.04. The van der Waals surface area contributed by atoms with Gasteiger partial charge < -0.3 is 4.74 Å². The highest BCUT2D eigenvalue weighted by molar-refractivity contribution is 5.75. The number of carbonyl (C=O) groups is 2. The fourth-order valence-corrected chi connectivity index (χ4v) is 4.00. The van der Waals surface area contributed by atoms with E-state index in [0.717, 1.165) is 11.8 Å². The van der Waals surface area contributed by atoms with E-state index in [1.54, 1.807) is 12.1 Å². The van der Waals surface area contributed by atoms with Gasteiger partial charge in [0.2, 0.25) is 0 Å². The second kappa shape index (κ2) is 11.1. The highest BCUT2D eigenvalue weighted by atomic mass is 16.6. The SMILES string of the molecule is C[C@@H](c1ccccc1)N(Cc1ccccc1)C(CC(=O)OC(C)(C)C)c1ccc(C=O)cc1. The number of ether oxygens (including phenoxy) is 1. The van der Waals surface area contributed by atoms with E-state index < -0.39 is 5.60 Å². The van der Waals surface area contributed by atoms with E-state index in [4.69, 9.17) is 4.74 Å². The smallest absolute Gasteiger partial charge is 0.308 e. The Hall–Kier alpha value is -3.24. The molecule has 0 saturated heterocycles. The Labute approximate surface area is 197 Å². The summed E-state index contributed by atoms with van der Waals surface area (Å²) in [6.45, 7) is 8.48. The fraction of sp³-hybridized carbons (Fsp3) is 0.310. The molecule has 33 heavy (non-hydrogen) atoms. The van der Waals surface area contributed by atoms with Crippen LogP contribution in [0.2, 0.25) is 0 Å². The summed E-state index contributed by atoms with van der Waals surface area (Å²) in [6, 6.07) is 27.9. The number of rotatable bonds is 9. The average molecular weight is 444 g/mol. The molecule has 0 amide bonds. The quantitative estimate of drug-likeness (QED) is 0.278. The topological polar surface area (TPSA) is 46.6 Å². The molecule has 3 rings (SSSR count). The molecule has 2 atom stereocenters. The Morgan fingerprint density at radius 3 is 2.00 bits per heavy atom. The molecule has 0 aromatic heterocycles. The second-order valence-electron chi connectivity index (χ2n) is 9.34. The highest BCUT2D eigenvalue weighted by Crippen LogP contribution is 2.35. The van der Waals surface area contributed by atoms with Gasteiger partial charge in [-0.15, -0.1) is 0 Å². The van der Waals surface area contributed by atoms with Gasteiger partial charge in [-0.1, -0.05) is 84.9 Å². The van der Waals surface area contributed by atoms with E-state index in [1.807, 2.05) is 69.3 Å². The summed E-state index contributed by atoms with van der Waals surface area (Å²) in [5.41, 5.74) is 3.37. The van der Waals surface area contributed by atoms with Crippen LogP contribution in [0.3, 0.4) is 0 Å². The van der Waals surface area contributed by atoms with Crippen LogP contribution in [0, 0.1) is 0 Å². The average Bonchev–Trinajstić information content (AvgIpc) is 2.81. The first-order valence-electron chi connectivity index (χ1n) is 11.4. The van der Waals surface area contributed by atoms with Crippen molar-refractivity contribution in [2.45, 2.75) is 58.3 Å². The largest absolute Gasteiger partial charge is 0.460 e. The molecule has 1 unspecified atom stereocenters. The first-order chi connectivity index (χ1) is 15.8. The lowest BCUT2D eigenvalue weighted by Gasteiger charge is -2.37. The number of hydrogen-bond acceptors (Lipinski definition) is 4. The lowest BCUT2D eigenvalue weighted by molar-refractivity contribution is -0.156. The molecule has 4 heteroatoms. The van der Waals surface area contributed by atoms with E-state index in [9.17, 15) is 9.59 Å². The van der Waals surface area contributed by atoms with Gasteiger partial charge in [-0.2, -0.15) is 0 Å². The van der Waals surface area contributed by atoms with Crippen molar-refractivity contribution in [2.75, 3.05) is 0 Å². The van der Waals surface area contributed by atoms with Gasteiger partial charge in [0.05, 0.1) is 6.42 Å². The monoisotopic (exact) mass is 443 g/mol. The minimum Gasteiger partial charge on any atom is -0.460 e. The normalized spacial score (nSPS) is 13.4. The maximum absolute atomic E-state index is 13.0. The maximum Gasteiger partial charge on any atom is 0.308 e. The minimum absolute atomic E-state index is 0.0459. The van der Waals surface area contributed by atoms with Crippen LogP contribution in [-0.2, 0) is 16.1 Å². The third-order valence-electron chi connectivity index (χ3n) is 5.63. The molecule has 3 aromatic rings. The summed E-state index contributed by atoms with van der Waals surface area (Å²) >= 11 is 0. The van der Waals surface area contributed by atoms with Crippen LogP contribution in [0.25, 0.3) is 0 Å². The van der Waals surface area contributed by atoms with Crippen molar-refractivity contribution in [1.82, 2.24) is 4.90 Å². The molecule has 0 saturated carbocycles. The molecule has 4 nitrogen and oxygen atoms in total. The molecule has 0 N–H and O–H groups in total. The van der Waals surface area contributed by atoms with Gasteiger partial charge in [-0.05, 0) is 44.4 Å². The van der Waals surface area contributed by atoms with Crippen molar-refractivity contribution < 1.29 is 14.3 Å². The van der Waals surface area contributed by atoms with E-state index in [-0.39, 0.29) is 24.5 Å². The van der Waals surface area contributed by atoms with Crippen molar-refractivity contribution in [3.63, 3.8) is 0 Å². The van der Waals surface area contributed by atoms with Crippen LogP contribution in [-0.4, -0.2) is 22.8 Å². The van der Waals surface area contributed by atoms with Gasteiger partial charge in [-0.25, -0.2) is 0 Å². The van der Waals surface area contributed by atoms with E-state index in [1.165, 1.54) is 11.1 Å². The molecule has 0 radical (unpaired) electrons. The second-order valence-corrected chi connectivity index (χ2v) is 9.34. The zero-order chi connectivity index (χ0) is 23.8. The van der Waals surface area contributed by atoms with Gasteiger partial charge in [0.25, 0.3) is 0 Å². The molecule has 0 bridgehead atoms. The molecule has 0 heterocycles. The van der Waals surface area contributed by atoms with Gasteiger partial charge in [0, 0.05) is 24.2 Å². The van der Waals surface area contributed by atoms with Crippen molar-refractivity contribution >= 4 is 12.3 Å². The van der Waals surface area contributed by atoms with Gasteiger partial charge >= 0.3 is 5.97 Å². The van der Waals surface area contributed by atoms with Gasteiger partial charge in [-0.3, -0.25) is 14.5 Å². The van der Waals surface area contributed by atoms with Crippen molar-refractivity contribution in [2.24, 2.45) is 0 Å². The number of aldehydes is 1. The van der Waals surface area contributed by atoms with Crippen LogP contribution in [0.5, 0.6) is 0 Å². The standard InChI is InChI=1S/C29H33NO3/c1-22(25-13-9-6-10-14-25)30(20-23-11-7-5-8-12-23)27(19-28(32)33-29(2,3)4)26-17-15-24(21-31)16-18-26/h5-18,21-22,27H,19-20H2,1-4H3/t22-,27?/m0/s1. The number of hydrogen-bond donors (Lipinski definition) is 0. The molecule has 0 aliphatic rings. The molecular weight excluding hydrogens is 410 g/mol. The lowest BCUT2D eigenvalue weighted by Crippen LogP contribution is -2.34. The molecule has 172 valence electrons. The van der Waals surface area contributed by atoms with Crippen LogP contribution < -0.4 is 0 Å². The Morgan fingerprint density at radius 1 is 0.879 bits per heavy atom. The summed E-state index contributed by atoms with van der Waals surface area (Å²) in [5, 5.41) is 0. The van der Waals surface area contributed by atoms with E-state index in [0.29, 0.717) is 12.1 Å². The number of benzene rings is 3. The molecule has 0 aliphatic heterocycles. The number of esters is 1. The lowest BCUT2D eigenvalue weighted by atomic mass is 9.96. The molecular formula is C29H33NO3. The summed E-state index contributed by atoms with van der Waals surface area (Å²) in [5.74, 6) is -0.245. The summed E-state index contributed by atoms with van der Waals surface area (Å²) < 4.78 is 5.70. The Morgan fingerprint density at radius 2 is 1.45 bits per heavy atom. The third-order valence-corrected chi connectivity index (χ3v) is 5.63. The van der Waals surface area contributed by atoms with Crippen molar-refractivity contribution in [1.29, 1.82) is 0 Å². The predicted octanol–water partition coefficient (Wildman–Crippen LogP) is 6.54. The third kappa shape index (κ3) is 7.13. The Kier molecular flexibility index (Phi) is 8.18. The van der Waals surface area contributed by atoms with Gasteiger partial charge in [0.15, 0.2) is 0 Å². The first kappa shape index (κ1) is 24.4. The van der Waals surface area contributed by atoms with E-state index in [2.05, 4.69) is 36.1 Å². The number of nitrogens with zero attached hydrogens (tertiary/aromatic N) is 1. The van der Waals surface area contributed by atoms with Crippen molar-refractivity contribution in [3.8, 4) is 0 Å². The summed E-state index contributed by atoms with van der Waals surface area (Å²) in [4.78, 5) is 26.5. The molecule has 3 aromatic carbocycles. The minimum atomic E-state index is -0.557. The van der Waals surface area contributed by atoms with Crippen molar-refractivity contribution in [3.05, 3.63) is 107 Å². The van der Waals surface area contributed by atoms with Crippen LogP contribution in [0.15, 0.2) is 84.9 Å². The number of carbonyl (C=O) groups excluding carboxylic acids is 2. The van der Waals surface area contributed by atoms with E-state index >= 15 is 0 Å². The highest BCUT2D eigenvalue weighted by Gasteiger charge is 2.30. The molecule has 0 fully saturated rings. The van der Waals surface area contributed by atoms with Crippen LogP contribution >= 0.6 is 0 Å². The Bertz CT molecular complexity index is 1020.